The van der Waals surface area contributed by atoms with Gasteiger partial charge >= 0.3 is 0 Å². The van der Waals surface area contributed by atoms with Crippen molar-refractivity contribution in [2.75, 3.05) is 25.0 Å². The topological polar surface area (TPSA) is 32.3 Å². The highest BCUT2D eigenvalue weighted by Crippen LogP contribution is 2.15. The fourth-order valence-corrected chi connectivity index (χ4v) is 2.61. The first-order valence-corrected chi connectivity index (χ1v) is 7.22. The molecular weight excluding hydrogens is 236 g/mol. The van der Waals surface area contributed by atoms with Crippen LogP contribution in [-0.2, 0) is 4.79 Å². The fourth-order valence-electron chi connectivity index (χ4n) is 2.61. The Hall–Kier alpha value is -1.35. The monoisotopic (exact) mass is 260 g/mol. The van der Waals surface area contributed by atoms with Gasteiger partial charge in [-0.1, -0.05) is 24.6 Å². The molecule has 104 valence electrons. The van der Waals surface area contributed by atoms with Crippen LogP contribution >= 0.6 is 0 Å². The summed E-state index contributed by atoms with van der Waals surface area (Å²) in [6.45, 7) is 7.49. The van der Waals surface area contributed by atoms with Crippen molar-refractivity contribution < 1.29 is 4.79 Å². The van der Waals surface area contributed by atoms with E-state index in [1.54, 1.807) is 0 Å². The van der Waals surface area contributed by atoms with E-state index in [-0.39, 0.29) is 5.91 Å². The predicted molar refractivity (Wildman–Crippen MR) is 79.3 cm³/mol. The summed E-state index contributed by atoms with van der Waals surface area (Å²) in [5.74, 6) is 0.885. The molecule has 0 unspecified atom stereocenters. The Kier molecular flexibility index (Phi) is 4.97. The molecule has 19 heavy (non-hydrogen) atoms. The standard InChI is InChI=1S/C16H24N2O/c1-13-5-7-15(8-6-13)17-16(19)9-11-18-10-3-4-14(2)12-18/h5-8,14H,3-4,9-12H2,1-2H3,(H,17,19)/t14-/m0/s1. The molecule has 0 radical (unpaired) electrons. The van der Waals surface area contributed by atoms with Crippen LogP contribution in [0.5, 0.6) is 0 Å². The summed E-state index contributed by atoms with van der Waals surface area (Å²) in [7, 11) is 0. The molecule has 0 aromatic heterocycles. The molecule has 1 aromatic carbocycles. The predicted octanol–water partition coefficient (Wildman–Crippen LogP) is 3.06. The number of hydrogen-bond donors (Lipinski definition) is 1. The molecule has 0 saturated carbocycles. The highest BCUT2D eigenvalue weighted by atomic mass is 16.1. The smallest absolute Gasteiger partial charge is 0.225 e. The summed E-state index contributed by atoms with van der Waals surface area (Å²) in [4.78, 5) is 14.3. The van der Waals surface area contributed by atoms with Crippen LogP contribution in [0.2, 0.25) is 0 Å². The van der Waals surface area contributed by atoms with Crippen LogP contribution < -0.4 is 5.32 Å². The highest BCUT2D eigenvalue weighted by molar-refractivity contribution is 5.90. The minimum atomic E-state index is 0.113. The number of carbonyl (C=O) groups excluding carboxylic acids is 1. The summed E-state index contributed by atoms with van der Waals surface area (Å²) in [6.07, 6.45) is 3.17. The van der Waals surface area contributed by atoms with Crippen LogP contribution in [-0.4, -0.2) is 30.4 Å². The second-order valence-electron chi connectivity index (χ2n) is 5.71. The second-order valence-corrected chi connectivity index (χ2v) is 5.71. The minimum absolute atomic E-state index is 0.113. The van der Waals surface area contributed by atoms with Crippen LogP contribution in [0.1, 0.15) is 31.7 Å². The van der Waals surface area contributed by atoms with Gasteiger partial charge in [0.05, 0.1) is 0 Å². The molecule has 0 bridgehead atoms. The number of anilines is 1. The SMILES string of the molecule is Cc1ccc(NC(=O)CCN2CCC[C@H](C)C2)cc1. The Balaban J connectivity index is 1.73. The average molecular weight is 260 g/mol. The molecule has 0 spiro atoms. The van der Waals surface area contributed by atoms with Crippen LogP contribution in [0.3, 0.4) is 0 Å². The third-order valence-electron chi connectivity index (χ3n) is 3.73. The molecule has 1 aromatic rings. The zero-order valence-electron chi connectivity index (χ0n) is 12.0. The van der Waals surface area contributed by atoms with Gasteiger partial charge < -0.3 is 10.2 Å². The van der Waals surface area contributed by atoms with Gasteiger partial charge in [-0.2, -0.15) is 0 Å². The quantitative estimate of drug-likeness (QED) is 0.902. The molecule has 1 aliphatic heterocycles. The highest BCUT2D eigenvalue weighted by Gasteiger charge is 2.16. The van der Waals surface area contributed by atoms with E-state index in [0.29, 0.717) is 6.42 Å². The number of benzene rings is 1. The molecule has 1 N–H and O–H groups in total. The van der Waals surface area contributed by atoms with E-state index in [4.69, 9.17) is 0 Å². The summed E-state index contributed by atoms with van der Waals surface area (Å²) in [5, 5.41) is 2.95. The van der Waals surface area contributed by atoms with E-state index in [0.717, 1.165) is 31.2 Å². The summed E-state index contributed by atoms with van der Waals surface area (Å²) in [5.41, 5.74) is 2.10. The summed E-state index contributed by atoms with van der Waals surface area (Å²) in [6, 6.07) is 7.94. The van der Waals surface area contributed by atoms with E-state index in [1.807, 2.05) is 31.2 Å². The Morgan fingerprint density at radius 2 is 2.11 bits per heavy atom. The van der Waals surface area contributed by atoms with Crippen LogP contribution in [0.15, 0.2) is 24.3 Å². The summed E-state index contributed by atoms with van der Waals surface area (Å²) < 4.78 is 0. The number of aryl methyl sites for hydroxylation is 1. The minimum Gasteiger partial charge on any atom is -0.326 e. The van der Waals surface area contributed by atoms with Gasteiger partial charge in [-0.05, 0) is 44.4 Å². The van der Waals surface area contributed by atoms with E-state index < -0.39 is 0 Å². The van der Waals surface area contributed by atoms with Gasteiger partial charge in [-0.3, -0.25) is 4.79 Å². The molecule has 2 rings (SSSR count). The molecule has 1 aliphatic rings. The lowest BCUT2D eigenvalue weighted by Gasteiger charge is -2.30. The molecule has 0 aliphatic carbocycles. The number of hydrogen-bond acceptors (Lipinski definition) is 2. The van der Waals surface area contributed by atoms with Crippen molar-refractivity contribution in [2.45, 2.75) is 33.1 Å². The van der Waals surface area contributed by atoms with Crippen LogP contribution in [0.25, 0.3) is 0 Å². The van der Waals surface area contributed by atoms with Crippen molar-refractivity contribution in [3.8, 4) is 0 Å². The van der Waals surface area contributed by atoms with Gasteiger partial charge in [0.25, 0.3) is 0 Å². The molecule has 1 fully saturated rings. The zero-order valence-corrected chi connectivity index (χ0v) is 12.0. The van der Waals surface area contributed by atoms with Crippen molar-refractivity contribution in [1.82, 2.24) is 4.90 Å². The van der Waals surface area contributed by atoms with Crippen molar-refractivity contribution >= 4 is 11.6 Å². The van der Waals surface area contributed by atoms with Gasteiger partial charge in [-0.25, -0.2) is 0 Å². The Morgan fingerprint density at radius 3 is 2.79 bits per heavy atom. The maximum Gasteiger partial charge on any atom is 0.225 e. The number of carbonyl (C=O) groups is 1. The Bertz CT molecular complexity index is 413. The zero-order chi connectivity index (χ0) is 13.7. The normalized spacial score (nSPS) is 20.2. The van der Waals surface area contributed by atoms with E-state index >= 15 is 0 Å². The molecule has 3 nitrogen and oxygen atoms in total. The number of likely N-dealkylation sites (tertiary alicyclic amines) is 1. The van der Waals surface area contributed by atoms with Crippen molar-refractivity contribution in [3.63, 3.8) is 0 Å². The van der Waals surface area contributed by atoms with Crippen LogP contribution in [0, 0.1) is 12.8 Å². The largest absolute Gasteiger partial charge is 0.326 e. The van der Waals surface area contributed by atoms with E-state index in [1.165, 1.54) is 18.4 Å². The lowest BCUT2D eigenvalue weighted by Crippen LogP contribution is -2.36. The van der Waals surface area contributed by atoms with Gasteiger partial charge in [0.15, 0.2) is 0 Å². The first-order chi connectivity index (χ1) is 9.13. The van der Waals surface area contributed by atoms with Gasteiger partial charge in [0.2, 0.25) is 5.91 Å². The lowest BCUT2D eigenvalue weighted by atomic mass is 10.0. The fraction of sp³-hybridized carbons (Fsp3) is 0.562. The van der Waals surface area contributed by atoms with Crippen LogP contribution in [0.4, 0.5) is 5.69 Å². The number of nitrogens with zero attached hydrogens (tertiary/aromatic N) is 1. The van der Waals surface area contributed by atoms with Gasteiger partial charge in [0, 0.05) is 25.2 Å². The Morgan fingerprint density at radius 1 is 1.37 bits per heavy atom. The third kappa shape index (κ3) is 4.67. The van der Waals surface area contributed by atoms with Gasteiger partial charge in [-0.15, -0.1) is 0 Å². The third-order valence-corrected chi connectivity index (χ3v) is 3.73. The lowest BCUT2D eigenvalue weighted by molar-refractivity contribution is -0.116. The molecule has 1 saturated heterocycles. The van der Waals surface area contributed by atoms with Crippen molar-refractivity contribution in [3.05, 3.63) is 29.8 Å². The second kappa shape index (κ2) is 6.71. The maximum atomic E-state index is 11.9. The summed E-state index contributed by atoms with van der Waals surface area (Å²) >= 11 is 0. The van der Waals surface area contributed by atoms with Crippen molar-refractivity contribution in [1.29, 1.82) is 0 Å². The molecule has 3 heteroatoms. The van der Waals surface area contributed by atoms with E-state index in [2.05, 4.69) is 17.1 Å². The number of amides is 1. The molecule has 1 heterocycles. The molecular formula is C16H24N2O. The first-order valence-electron chi connectivity index (χ1n) is 7.22. The van der Waals surface area contributed by atoms with Gasteiger partial charge in [0.1, 0.15) is 0 Å². The first kappa shape index (κ1) is 14.1. The van der Waals surface area contributed by atoms with Crippen molar-refractivity contribution in [2.24, 2.45) is 5.92 Å². The van der Waals surface area contributed by atoms with E-state index in [9.17, 15) is 4.79 Å². The average Bonchev–Trinajstić information content (AvgIpc) is 2.39. The number of nitrogens with one attached hydrogen (secondary N) is 1. The molecule has 1 atom stereocenters. The molecule has 1 amide bonds. The maximum absolute atomic E-state index is 11.9. The number of piperidine rings is 1. The Labute approximate surface area is 116 Å². The number of rotatable bonds is 4.